The van der Waals surface area contributed by atoms with Gasteiger partial charge in [-0.25, -0.2) is 0 Å². The summed E-state index contributed by atoms with van der Waals surface area (Å²) in [4.78, 5) is 0. The summed E-state index contributed by atoms with van der Waals surface area (Å²) in [5.41, 5.74) is 1.00. The summed E-state index contributed by atoms with van der Waals surface area (Å²) in [6, 6.07) is 0. The minimum absolute atomic E-state index is 0.290. The van der Waals surface area contributed by atoms with Crippen LogP contribution in [0.4, 0.5) is 0 Å². The van der Waals surface area contributed by atoms with Gasteiger partial charge in [0.15, 0.2) is 0 Å². The average Bonchev–Trinajstić information content (AvgIpc) is 2.12. The van der Waals surface area contributed by atoms with Gasteiger partial charge in [-0.3, -0.25) is 0 Å². The fraction of sp³-hybridized carbons (Fsp3) is 0.889. The minimum atomic E-state index is 0.290. The molecule has 0 aliphatic carbocycles. The van der Waals surface area contributed by atoms with Gasteiger partial charge in [0, 0.05) is 0 Å². The van der Waals surface area contributed by atoms with Crippen LogP contribution in [-0.4, -0.2) is 5.16 Å². The van der Waals surface area contributed by atoms with Crippen LogP contribution in [-0.2, 0) is 0 Å². The second kappa shape index (κ2) is 6.30. The lowest BCUT2D eigenvalue weighted by atomic mass is 9.73. The van der Waals surface area contributed by atoms with E-state index in [1.165, 1.54) is 12.8 Å². The zero-order valence-electron chi connectivity index (χ0n) is 14.9. The van der Waals surface area contributed by atoms with Crippen LogP contribution in [0.25, 0.3) is 0 Å². The van der Waals surface area contributed by atoms with E-state index in [4.69, 9.17) is 0 Å². The Hall–Kier alpha value is 0.170. The summed E-state index contributed by atoms with van der Waals surface area (Å²) in [6.07, 6.45) is 8.40. The van der Waals surface area contributed by atoms with Gasteiger partial charge in [-0.1, -0.05) is 74.5 Å². The van der Waals surface area contributed by atoms with Crippen LogP contribution in [0, 0.1) is 16.2 Å². The molecule has 0 saturated heterocycles. The van der Waals surface area contributed by atoms with Crippen LogP contribution in [0.1, 0.15) is 81.6 Å². The Morgan fingerprint density at radius 2 is 1.37 bits per heavy atom. The maximum Gasteiger partial charge on any atom is -0.0127 e. The smallest absolute Gasteiger partial charge is 0.0127 e. The fourth-order valence-corrected chi connectivity index (χ4v) is 2.93. The van der Waals surface area contributed by atoms with Crippen molar-refractivity contribution in [3.8, 4) is 0 Å². The standard InChI is InChI=1S/C18H37P/c1-10-18(9,19)17(7,8)13-11-12-16(5,6)14-15(2,3)4/h11-12H,10,13-14,19H2,1-9H3/b12-11+. The van der Waals surface area contributed by atoms with Gasteiger partial charge in [-0.05, 0) is 40.7 Å². The summed E-state index contributed by atoms with van der Waals surface area (Å²) in [5, 5.41) is 0.311. The van der Waals surface area contributed by atoms with Crippen molar-refractivity contribution in [1.82, 2.24) is 0 Å². The highest BCUT2D eigenvalue weighted by Gasteiger charge is 2.34. The van der Waals surface area contributed by atoms with Gasteiger partial charge in [0.05, 0.1) is 0 Å². The monoisotopic (exact) mass is 284 g/mol. The van der Waals surface area contributed by atoms with Crippen molar-refractivity contribution >= 4 is 9.24 Å². The molecule has 0 saturated carbocycles. The van der Waals surface area contributed by atoms with Crippen LogP contribution in [0.5, 0.6) is 0 Å². The van der Waals surface area contributed by atoms with E-state index >= 15 is 0 Å². The predicted octanol–water partition coefficient (Wildman–Crippen LogP) is 6.47. The Balaban J connectivity index is 4.68. The molecule has 0 amide bonds. The van der Waals surface area contributed by atoms with Crippen LogP contribution >= 0.6 is 9.24 Å². The van der Waals surface area contributed by atoms with Crippen molar-refractivity contribution in [3.63, 3.8) is 0 Å². The highest BCUT2D eigenvalue weighted by molar-refractivity contribution is 7.19. The molecule has 0 aliphatic heterocycles. The number of allylic oxidation sites excluding steroid dienone is 2. The molecule has 0 radical (unpaired) electrons. The molecule has 0 aromatic heterocycles. The van der Waals surface area contributed by atoms with Gasteiger partial charge in [0.1, 0.15) is 0 Å². The Morgan fingerprint density at radius 1 is 0.895 bits per heavy atom. The summed E-state index contributed by atoms with van der Waals surface area (Å²) in [7, 11) is 3.06. The molecular formula is C18H37P. The quantitative estimate of drug-likeness (QED) is 0.387. The van der Waals surface area contributed by atoms with Gasteiger partial charge in [-0.2, -0.15) is 0 Å². The normalized spacial score (nSPS) is 17.8. The summed E-state index contributed by atoms with van der Waals surface area (Å²) < 4.78 is 0. The molecule has 0 bridgehead atoms. The third-order valence-electron chi connectivity index (χ3n) is 4.46. The molecule has 0 nitrogen and oxygen atoms in total. The van der Waals surface area contributed by atoms with Crippen molar-refractivity contribution in [2.24, 2.45) is 16.2 Å². The van der Waals surface area contributed by atoms with E-state index in [1.54, 1.807) is 0 Å². The van der Waals surface area contributed by atoms with E-state index in [9.17, 15) is 0 Å². The van der Waals surface area contributed by atoms with E-state index in [1.807, 2.05) is 0 Å². The molecular weight excluding hydrogens is 247 g/mol. The van der Waals surface area contributed by atoms with Crippen molar-refractivity contribution < 1.29 is 0 Å². The number of rotatable bonds is 6. The van der Waals surface area contributed by atoms with E-state index in [0.717, 1.165) is 6.42 Å². The molecule has 114 valence electrons. The van der Waals surface area contributed by atoms with Crippen molar-refractivity contribution in [2.45, 2.75) is 86.7 Å². The summed E-state index contributed by atoms with van der Waals surface area (Å²) in [6.45, 7) is 21.1. The second-order valence-electron chi connectivity index (χ2n) is 8.99. The Labute approximate surface area is 125 Å². The maximum atomic E-state index is 3.06. The lowest BCUT2D eigenvalue weighted by Crippen LogP contribution is -2.35. The number of hydrogen-bond donors (Lipinski definition) is 0. The Bertz CT molecular complexity index is 300. The minimum Gasteiger partial charge on any atom is -0.131 e. The zero-order chi connectivity index (χ0) is 15.5. The molecule has 0 fully saturated rings. The largest absolute Gasteiger partial charge is 0.131 e. The second-order valence-corrected chi connectivity index (χ2v) is 10.3. The molecule has 0 spiro atoms. The zero-order valence-corrected chi connectivity index (χ0v) is 16.0. The Kier molecular flexibility index (Phi) is 6.35. The highest BCUT2D eigenvalue weighted by atomic mass is 31.0. The molecule has 2 atom stereocenters. The van der Waals surface area contributed by atoms with E-state index < -0.39 is 0 Å². The van der Waals surface area contributed by atoms with Crippen LogP contribution in [0.3, 0.4) is 0 Å². The molecule has 0 N–H and O–H groups in total. The first-order valence-electron chi connectivity index (χ1n) is 7.69. The third-order valence-corrected chi connectivity index (χ3v) is 5.65. The molecule has 0 heterocycles. The Morgan fingerprint density at radius 3 is 1.74 bits per heavy atom. The lowest BCUT2D eigenvalue weighted by Gasteiger charge is -2.40. The van der Waals surface area contributed by atoms with Gasteiger partial charge in [0.25, 0.3) is 0 Å². The topological polar surface area (TPSA) is 0 Å². The molecule has 0 rings (SSSR count). The molecule has 0 aliphatic rings. The summed E-state index contributed by atoms with van der Waals surface area (Å²) >= 11 is 0. The first-order chi connectivity index (χ1) is 8.22. The van der Waals surface area contributed by atoms with E-state index in [0.29, 0.717) is 16.0 Å². The molecule has 0 aromatic rings. The van der Waals surface area contributed by atoms with Crippen LogP contribution in [0.15, 0.2) is 12.2 Å². The molecule has 0 aromatic carbocycles. The number of hydrogen-bond acceptors (Lipinski definition) is 0. The van der Waals surface area contributed by atoms with Crippen molar-refractivity contribution in [2.75, 3.05) is 0 Å². The third kappa shape index (κ3) is 6.94. The predicted molar refractivity (Wildman–Crippen MR) is 93.8 cm³/mol. The maximum absolute atomic E-state index is 3.06. The van der Waals surface area contributed by atoms with Gasteiger partial charge in [-0.15, -0.1) is 9.24 Å². The van der Waals surface area contributed by atoms with Gasteiger partial charge in [0.2, 0.25) is 0 Å². The lowest BCUT2D eigenvalue weighted by molar-refractivity contribution is 0.251. The SMILES string of the molecule is CCC(C)(P)C(C)(C)C/C=C/C(C)(C)CC(C)(C)C. The van der Waals surface area contributed by atoms with E-state index in [2.05, 4.69) is 83.7 Å². The first kappa shape index (κ1) is 19.2. The van der Waals surface area contributed by atoms with Gasteiger partial charge < -0.3 is 0 Å². The van der Waals surface area contributed by atoms with Gasteiger partial charge >= 0.3 is 0 Å². The first-order valence-corrected chi connectivity index (χ1v) is 8.27. The van der Waals surface area contributed by atoms with E-state index in [-0.39, 0.29) is 5.41 Å². The van der Waals surface area contributed by atoms with Crippen molar-refractivity contribution in [1.29, 1.82) is 0 Å². The van der Waals surface area contributed by atoms with Crippen LogP contribution in [0.2, 0.25) is 0 Å². The molecule has 1 heteroatoms. The highest BCUT2D eigenvalue weighted by Crippen LogP contribution is 2.44. The van der Waals surface area contributed by atoms with Crippen LogP contribution < -0.4 is 0 Å². The fourth-order valence-electron chi connectivity index (χ4n) is 2.81. The average molecular weight is 284 g/mol. The molecule has 2 unspecified atom stereocenters. The van der Waals surface area contributed by atoms with Crippen molar-refractivity contribution in [3.05, 3.63) is 12.2 Å². The summed E-state index contributed by atoms with van der Waals surface area (Å²) in [5.74, 6) is 0. The molecule has 19 heavy (non-hydrogen) atoms.